The van der Waals surface area contributed by atoms with Crippen LogP contribution in [0.1, 0.15) is 134 Å². The van der Waals surface area contributed by atoms with Crippen molar-refractivity contribution in [1.29, 1.82) is 0 Å². The molecule has 24 heavy (non-hydrogen) atoms. The van der Waals surface area contributed by atoms with Crippen LogP contribution in [0, 0.1) is 0 Å². The molecule has 0 heterocycles. The molecule has 0 rings (SSSR count). The summed E-state index contributed by atoms with van der Waals surface area (Å²) in [6.07, 6.45) is 0. The Morgan fingerprint density at radius 3 is 0.500 bits per heavy atom. The lowest BCUT2D eigenvalue weighted by Gasteiger charge is -1.45. The van der Waals surface area contributed by atoms with Gasteiger partial charge in [-0.1, -0.05) is 145 Å². The monoisotopic (exact) mass is 433 g/mol. The predicted molar refractivity (Wildman–Crippen MR) is 157 cm³/mol. The Morgan fingerprint density at radius 1 is 0.500 bits per heavy atom. The maximum absolute atomic E-state index is 10.3. The lowest BCUT2D eigenvalue weighted by atomic mass is 12.0. The minimum atomic E-state index is -0.417. The largest absolute Gasteiger partial charge is 0.231 e. The molecule has 0 fully saturated rings. The molecule has 0 nitrogen and oxygen atoms in total. The van der Waals surface area contributed by atoms with Crippen LogP contribution in [-0.4, -0.2) is 13.3 Å². The molecule has 0 amide bonds. The first-order chi connectivity index (χ1) is 2.83. The van der Waals surface area contributed by atoms with E-state index in [-0.39, 0.29) is 134 Å². The Hall–Kier alpha value is 0.880. The molecule has 182 valence electrons. The standard InChI is InChI=1S/CH4FP.CH3PS.18CH4/c1-3-2;1-2-3;;;;;;;;;;;;;;;;;;/h3H,1H3;1H3;18*1H4. The Balaban J connectivity index is -0.000000000423. The Labute approximate surface area is 179 Å². The Kier molecular flexibility index (Phi) is 37400. The van der Waals surface area contributed by atoms with E-state index < -0.39 is 8.89 Å². The van der Waals surface area contributed by atoms with Gasteiger partial charge in [0.05, 0.1) is 8.89 Å². The second-order valence-corrected chi connectivity index (χ2v) is 2.21. The van der Waals surface area contributed by atoms with Gasteiger partial charge in [0.15, 0.2) is 0 Å². The second kappa shape index (κ2) is 1510. The molecule has 4 heteroatoms. The first-order valence-corrected chi connectivity index (χ1v) is 5.05. The van der Waals surface area contributed by atoms with Crippen molar-refractivity contribution in [2.24, 2.45) is 0 Å². The molecule has 1 atom stereocenters. The third kappa shape index (κ3) is 14100. The first-order valence-electron chi connectivity index (χ1n) is 1.32. The summed E-state index contributed by atoms with van der Waals surface area (Å²) in [5, 5.41) is 0. The summed E-state index contributed by atoms with van der Waals surface area (Å²) in [6, 6.07) is 0. The number of rotatable bonds is 0. The van der Waals surface area contributed by atoms with Crippen LogP contribution in [0.15, 0.2) is 0 Å². The highest BCUT2D eigenvalue weighted by molar-refractivity contribution is 7.96. The summed E-state index contributed by atoms with van der Waals surface area (Å²) in [7, 11) is 0.583. The van der Waals surface area contributed by atoms with E-state index in [1.54, 1.807) is 0 Å². The van der Waals surface area contributed by atoms with Gasteiger partial charge >= 0.3 is 0 Å². The van der Waals surface area contributed by atoms with Gasteiger partial charge < -0.3 is 0 Å². The predicted octanol–water partition coefficient (Wildman–Crippen LogP) is 13.7. The van der Waals surface area contributed by atoms with Gasteiger partial charge in [0, 0.05) is 0 Å². The fourth-order valence-electron chi connectivity index (χ4n) is 0. The molecule has 0 aliphatic rings. The summed E-state index contributed by atoms with van der Waals surface area (Å²) < 4.78 is 10.3. The van der Waals surface area contributed by atoms with E-state index in [2.05, 4.69) is 11.8 Å². The highest BCUT2D eigenvalue weighted by Crippen LogP contribution is 1.97. The summed E-state index contributed by atoms with van der Waals surface area (Å²) in [5.41, 5.74) is 0. The van der Waals surface area contributed by atoms with Gasteiger partial charge in [-0.25, -0.2) is 4.20 Å². The molecule has 0 aliphatic carbocycles. The van der Waals surface area contributed by atoms with Gasteiger partial charge in [-0.3, -0.25) is 0 Å². The third-order valence-electron chi connectivity index (χ3n) is 0. The molecule has 0 aromatic rings. The minimum Gasteiger partial charge on any atom is -0.231 e. The summed E-state index contributed by atoms with van der Waals surface area (Å²) in [4.78, 5) is 0. The van der Waals surface area contributed by atoms with E-state index in [0.29, 0.717) is 0 Å². The molecule has 0 spiro atoms. The van der Waals surface area contributed by atoms with Gasteiger partial charge in [0.25, 0.3) is 0 Å². The third-order valence-corrected chi connectivity index (χ3v) is 0. The molecule has 0 saturated heterocycles. The van der Waals surface area contributed by atoms with Crippen LogP contribution in [0.25, 0.3) is 0 Å². The average Bonchev–Trinajstić information content (AvgIpc) is 1.39. The van der Waals surface area contributed by atoms with Crippen molar-refractivity contribution in [3.05, 3.63) is 0 Å². The van der Waals surface area contributed by atoms with Crippen molar-refractivity contribution in [3.63, 3.8) is 0 Å². The van der Waals surface area contributed by atoms with E-state index in [0.717, 1.165) is 7.36 Å². The number of hydrogen-bond donors (Lipinski definition) is 0. The SMILES string of the molecule is C.C.C.C.C.C.C.C.C.C.C.C.C.C.C.C.C.C.CP=S.CPF. The number of halogens is 1. The summed E-state index contributed by atoms with van der Waals surface area (Å²) in [5.74, 6) is 0. The van der Waals surface area contributed by atoms with E-state index in [4.69, 9.17) is 0 Å². The van der Waals surface area contributed by atoms with Crippen molar-refractivity contribution in [2.45, 2.75) is 134 Å². The fraction of sp³-hybridized carbons (Fsp3) is 1.00. The molecule has 0 N–H and O–H groups in total. The van der Waals surface area contributed by atoms with Gasteiger partial charge in [0.2, 0.25) is 0 Å². The summed E-state index contributed by atoms with van der Waals surface area (Å²) >= 11 is 4.37. The Bertz CT molecular complexity index is 35.6. The second-order valence-electron chi connectivity index (χ2n) is 0.372. The molecule has 0 aromatic heterocycles. The summed E-state index contributed by atoms with van der Waals surface area (Å²) in [6.45, 7) is 3.40. The molecule has 0 radical (unpaired) electrons. The molecular weight excluding hydrogens is 353 g/mol. The van der Waals surface area contributed by atoms with Crippen LogP contribution in [-0.2, 0) is 11.8 Å². The normalized spacial score (nSPS) is 2.12. The Morgan fingerprint density at radius 2 is 0.500 bits per heavy atom. The van der Waals surface area contributed by atoms with Crippen LogP contribution in [0.4, 0.5) is 4.20 Å². The van der Waals surface area contributed by atoms with E-state index in [9.17, 15) is 4.20 Å². The van der Waals surface area contributed by atoms with E-state index >= 15 is 0 Å². The quantitative estimate of drug-likeness (QED) is 0.343. The van der Waals surface area contributed by atoms with Crippen molar-refractivity contribution in [1.82, 2.24) is 0 Å². The van der Waals surface area contributed by atoms with Crippen LogP contribution in [0.3, 0.4) is 0 Å². The topological polar surface area (TPSA) is 0 Å². The van der Waals surface area contributed by atoms with Crippen LogP contribution < -0.4 is 0 Å². The maximum atomic E-state index is 10.3. The highest BCUT2D eigenvalue weighted by atomic mass is 32.4. The highest BCUT2D eigenvalue weighted by Gasteiger charge is 1.39. The van der Waals surface area contributed by atoms with Gasteiger partial charge in [-0.2, -0.15) is 0 Å². The maximum Gasteiger partial charge on any atom is 0.0639 e. The van der Waals surface area contributed by atoms with Crippen molar-refractivity contribution >= 4 is 28.1 Å². The van der Waals surface area contributed by atoms with E-state index in [1.165, 1.54) is 6.66 Å². The van der Waals surface area contributed by atoms with Gasteiger partial charge in [-0.15, -0.1) is 0 Å². The molecule has 0 aromatic carbocycles. The lowest BCUT2D eigenvalue weighted by molar-refractivity contribution is 0.925. The van der Waals surface area contributed by atoms with Gasteiger partial charge in [-0.05, 0) is 20.7 Å². The van der Waals surface area contributed by atoms with Crippen molar-refractivity contribution < 1.29 is 4.20 Å². The van der Waals surface area contributed by atoms with Crippen LogP contribution in [0.2, 0.25) is 0 Å². The smallest absolute Gasteiger partial charge is 0.0639 e. The van der Waals surface area contributed by atoms with Crippen molar-refractivity contribution in [2.75, 3.05) is 13.3 Å². The fourth-order valence-corrected chi connectivity index (χ4v) is 0. The van der Waals surface area contributed by atoms with Crippen molar-refractivity contribution in [3.8, 4) is 0 Å². The molecular formula is C20H79FP2S. The molecule has 0 aliphatic heterocycles. The molecule has 0 bridgehead atoms. The van der Waals surface area contributed by atoms with Crippen LogP contribution in [0.5, 0.6) is 0 Å². The number of hydrogen-bond acceptors (Lipinski definition) is 1. The zero-order chi connectivity index (χ0) is 5.41. The van der Waals surface area contributed by atoms with Crippen LogP contribution >= 0.6 is 16.2 Å². The first kappa shape index (κ1) is 596. The lowest BCUT2D eigenvalue weighted by Crippen LogP contribution is -1.03. The molecule has 1 unspecified atom stereocenters. The zero-order valence-electron chi connectivity index (χ0n) is 3.73. The molecule has 0 saturated carbocycles. The average molecular weight is 433 g/mol. The zero-order valence-corrected chi connectivity index (χ0v) is 6.44. The van der Waals surface area contributed by atoms with E-state index in [1.807, 2.05) is 6.66 Å². The van der Waals surface area contributed by atoms with Gasteiger partial charge in [0.1, 0.15) is 0 Å². The minimum absolute atomic E-state index is 0.